The Morgan fingerprint density at radius 2 is 1.82 bits per heavy atom. The Bertz CT molecular complexity index is 1310. The van der Waals surface area contributed by atoms with Crippen LogP contribution < -0.4 is 26.3 Å². The van der Waals surface area contributed by atoms with Crippen LogP contribution in [0.25, 0.3) is 11.0 Å². The molecule has 0 aliphatic rings. The van der Waals surface area contributed by atoms with Crippen molar-refractivity contribution in [3.8, 4) is 11.5 Å². The van der Waals surface area contributed by atoms with Gasteiger partial charge in [0.15, 0.2) is 11.3 Å². The number of fused-ring (bicyclic) bond motifs is 1. The number of carbonyl (C=O) groups is 1. The Kier molecular flexibility index (Phi) is 6.03. The molecule has 1 amide bonds. The van der Waals surface area contributed by atoms with Crippen LogP contribution >= 0.6 is 0 Å². The average molecular weight is 447 g/mol. The zero-order valence-electron chi connectivity index (χ0n) is 18.6. The summed E-state index contributed by atoms with van der Waals surface area (Å²) in [5.74, 6) is 2.17. The third-order valence-corrected chi connectivity index (χ3v) is 5.24. The van der Waals surface area contributed by atoms with Crippen LogP contribution in [0.1, 0.15) is 29.4 Å². The molecule has 0 aliphatic carbocycles. The largest absolute Gasteiger partial charge is 0.493 e. The lowest BCUT2D eigenvalue weighted by Gasteiger charge is -2.12. The summed E-state index contributed by atoms with van der Waals surface area (Å²) in [7, 11) is 3.15. The first kappa shape index (κ1) is 21.9. The molecule has 9 heteroatoms. The number of rotatable bonds is 7. The van der Waals surface area contributed by atoms with E-state index in [1.807, 2.05) is 36.4 Å². The van der Waals surface area contributed by atoms with Gasteiger partial charge in [-0.1, -0.05) is 12.1 Å². The van der Waals surface area contributed by atoms with Gasteiger partial charge in [0.05, 0.1) is 14.2 Å². The summed E-state index contributed by atoms with van der Waals surface area (Å²) in [5.41, 5.74) is 15.7. The smallest absolute Gasteiger partial charge is 0.221 e. The molecule has 2 aromatic heterocycles. The highest BCUT2D eigenvalue weighted by Crippen LogP contribution is 2.41. The summed E-state index contributed by atoms with van der Waals surface area (Å²) >= 11 is 0. The van der Waals surface area contributed by atoms with Gasteiger partial charge in [0.2, 0.25) is 17.6 Å². The number of anilines is 3. The van der Waals surface area contributed by atoms with E-state index in [-0.39, 0.29) is 11.9 Å². The Labute approximate surface area is 190 Å². The first-order chi connectivity index (χ1) is 15.9. The average Bonchev–Trinajstić information content (AvgIpc) is 3.20. The van der Waals surface area contributed by atoms with E-state index >= 15 is 0 Å². The van der Waals surface area contributed by atoms with Crippen LogP contribution in [0.3, 0.4) is 0 Å². The molecule has 33 heavy (non-hydrogen) atoms. The Morgan fingerprint density at radius 3 is 2.45 bits per heavy atom. The van der Waals surface area contributed by atoms with Crippen LogP contribution in [-0.2, 0) is 17.6 Å². The lowest BCUT2D eigenvalue weighted by atomic mass is 10.0. The third-order valence-electron chi connectivity index (χ3n) is 5.24. The summed E-state index contributed by atoms with van der Waals surface area (Å²) in [5, 5.41) is 3.65. The van der Waals surface area contributed by atoms with Crippen molar-refractivity contribution in [3.05, 3.63) is 65.0 Å². The molecule has 0 aliphatic heterocycles. The van der Waals surface area contributed by atoms with Crippen molar-refractivity contribution in [1.29, 1.82) is 0 Å². The molecule has 0 saturated carbocycles. The summed E-state index contributed by atoms with van der Waals surface area (Å²) < 4.78 is 17.3. The van der Waals surface area contributed by atoms with Gasteiger partial charge in [0.1, 0.15) is 11.6 Å². The van der Waals surface area contributed by atoms with Gasteiger partial charge in [-0.3, -0.25) is 4.79 Å². The van der Waals surface area contributed by atoms with E-state index in [0.29, 0.717) is 35.7 Å². The molecule has 9 nitrogen and oxygen atoms in total. The Hall–Kier alpha value is -4.27. The summed E-state index contributed by atoms with van der Waals surface area (Å²) in [4.78, 5) is 19.3. The summed E-state index contributed by atoms with van der Waals surface area (Å²) in [6.45, 7) is 1.48. The number of benzene rings is 2. The minimum Gasteiger partial charge on any atom is -0.493 e. The normalized spacial score (nSPS) is 10.9. The lowest BCUT2D eigenvalue weighted by Crippen LogP contribution is -2.05. The number of nitrogens with two attached hydrogens (primary N) is 2. The summed E-state index contributed by atoms with van der Waals surface area (Å²) in [6, 6.07) is 11.5. The van der Waals surface area contributed by atoms with Crippen molar-refractivity contribution in [3.63, 3.8) is 0 Å². The fraction of sp³-hybridized carbons (Fsp3) is 0.208. The number of hydrogen-bond donors (Lipinski definition) is 3. The monoisotopic (exact) mass is 447 g/mol. The van der Waals surface area contributed by atoms with Crippen LogP contribution in [0.2, 0.25) is 0 Å². The number of nitrogens with one attached hydrogen (secondary N) is 1. The third kappa shape index (κ3) is 4.67. The topological polar surface area (TPSA) is 139 Å². The second-order valence-corrected chi connectivity index (χ2v) is 7.60. The number of methoxy groups -OCH3 is 2. The molecule has 4 rings (SSSR count). The number of aromatic nitrogens is 2. The van der Waals surface area contributed by atoms with Crippen molar-refractivity contribution in [2.75, 3.05) is 31.0 Å². The second-order valence-electron chi connectivity index (χ2n) is 7.60. The van der Waals surface area contributed by atoms with E-state index in [2.05, 4.69) is 15.3 Å². The molecular formula is C24H25N5O4. The molecule has 170 valence electrons. The van der Waals surface area contributed by atoms with E-state index in [4.69, 9.17) is 25.4 Å². The van der Waals surface area contributed by atoms with Crippen molar-refractivity contribution in [2.45, 2.75) is 19.8 Å². The Morgan fingerprint density at radius 1 is 1.06 bits per heavy atom. The zero-order valence-corrected chi connectivity index (χ0v) is 18.6. The van der Waals surface area contributed by atoms with Gasteiger partial charge in [0.25, 0.3) is 0 Å². The van der Waals surface area contributed by atoms with E-state index < -0.39 is 0 Å². The van der Waals surface area contributed by atoms with Crippen LogP contribution in [0.5, 0.6) is 11.5 Å². The van der Waals surface area contributed by atoms with Gasteiger partial charge in [-0.25, -0.2) is 4.98 Å². The molecule has 0 spiro atoms. The van der Waals surface area contributed by atoms with E-state index in [1.165, 1.54) is 6.92 Å². The standard InChI is InChI=1S/C24H25N5O4/c1-13(30)28-17-6-4-14(5-7-17)8-18-11-19-15(9-16-12-27-24(26)29-23(16)25)10-20(31-2)22(32-3)21(19)33-18/h4-7,10-12H,8-9H2,1-3H3,(H,28,30)(H4,25,26,27,29). The number of nitrogens with zero attached hydrogens (tertiary/aromatic N) is 2. The maximum absolute atomic E-state index is 11.2. The fourth-order valence-corrected chi connectivity index (χ4v) is 3.73. The molecule has 0 atom stereocenters. The quantitative estimate of drug-likeness (QED) is 0.391. The highest BCUT2D eigenvalue weighted by atomic mass is 16.5. The first-order valence-corrected chi connectivity index (χ1v) is 10.3. The van der Waals surface area contributed by atoms with Crippen LogP contribution in [-0.4, -0.2) is 30.1 Å². The van der Waals surface area contributed by atoms with Crippen LogP contribution in [0.4, 0.5) is 17.5 Å². The number of nitrogen functional groups attached to an aromatic ring is 2. The van der Waals surface area contributed by atoms with Gasteiger partial charge < -0.3 is 30.7 Å². The van der Waals surface area contributed by atoms with Gasteiger partial charge in [-0.15, -0.1) is 0 Å². The van der Waals surface area contributed by atoms with Crippen molar-refractivity contribution < 1.29 is 18.7 Å². The highest BCUT2D eigenvalue weighted by molar-refractivity contribution is 5.90. The molecule has 0 unspecified atom stereocenters. The SMILES string of the molecule is COc1cc(Cc2cnc(N)nc2N)c2cc(Cc3ccc(NC(C)=O)cc3)oc2c1OC. The molecule has 0 saturated heterocycles. The molecule has 0 bridgehead atoms. The number of ether oxygens (including phenoxy) is 2. The highest BCUT2D eigenvalue weighted by Gasteiger charge is 2.20. The van der Waals surface area contributed by atoms with Crippen LogP contribution in [0.15, 0.2) is 47.0 Å². The predicted molar refractivity (Wildman–Crippen MR) is 127 cm³/mol. The molecule has 2 heterocycles. The maximum atomic E-state index is 11.2. The van der Waals surface area contributed by atoms with Gasteiger partial charge in [0, 0.05) is 42.6 Å². The number of carbonyl (C=O) groups excluding carboxylic acids is 1. The Balaban J connectivity index is 1.72. The summed E-state index contributed by atoms with van der Waals surface area (Å²) in [6.07, 6.45) is 2.65. The van der Waals surface area contributed by atoms with Crippen molar-refractivity contribution in [2.24, 2.45) is 0 Å². The minimum absolute atomic E-state index is 0.110. The number of amides is 1. The molecule has 0 radical (unpaired) electrons. The number of hydrogen-bond acceptors (Lipinski definition) is 8. The van der Waals surface area contributed by atoms with E-state index in [0.717, 1.165) is 33.5 Å². The zero-order chi connectivity index (χ0) is 23.5. The number of furan rings is 1. The van der Waals surface area contributed by atoms with E-state index in [1.54, 1.807) is 20.4 Å². The van der Waals surface area contributed by atoms with Crippen molar-refractivity contribution in [1.82, 2.24) is 9.97 Å². The lowest BCUT2D eigenvalue weighted by molar-refractivity contribution is -0.114. The molecule has 4 aromatic rings. The molecule has 2 aromatic carbocycles. The molecule has 0 fully saturated rings. The fourth-order valence-electron chi connectivity index (χ4n) is 3.73. The van der Waals surface area contributed by atoms with Crippen LogP contribution in [0, 0.1) is 0 Å². The van der Waals surface area contributed by atoms with Crippen molar-refractivity contribution >= 4 is 34.3 Å². The molecular weight excluding hydrogens is 422 g/mol. The van der Waals surface area contributed by atoms with Gasteiger partial charge >= 0.3 is 0 Å². The predicted octanol–water partition coefficient (Wildman–Crippen LogP) is 3.54. The first-order valence-electron chi connectivity index (χ1n) is 10.3. The van der Waals surface area contributed by atoms with Gasteiger partial charge in [-0.05, 0) is 35.4 Å². The minimum atomic E-state index is -0.110. The maximum Gasteiger partial charge on any atom is 0.221 e. The second kappa shape index (κ2) is 9.07. The molecule has 5 N–H and O–H groups in total. The van der Waals surface area contributed by atoms with Gasteiger partial charge in [-0.2, -0.15) is 4.98 Å². The van der Waals surface area contributed by atoms with E-state index in [9.17, 15) is 4.79 Å².